The van der Waals surface area contributed by atoms with Crippen LogP contribution >= 0.6 is 27.3 Å². The van der Waals surface area contributed by atoms with E-state index in [9.17, 15) is 14.4 Å². The van der Waals surface area contributed by atoms with E-state index in [0.717, 1.165) is 11.3 Å². The van der Waals surface area contributed by atoms with Crippen LogP contribution in [0.1, 0.15) is 50.0 Å². The highest BCUT2D eigenvalue weighted by Crippen LogP contribution is 2.34. The highest BCUT2D eigenvalue weighted by atomic mass is 79.9. The molecular formula is C16H16BrNO6S. The van der Waals surface area contributed by atoms with Gasteiger partial charge in [-0.3, -0.25) is 4.79 Å². The third-order valence-electron chi connectivity index (χ3n) is 3.11. The Morgan fingerprint density at radius 1 is 1.16 bits per heavy atom. The number of esters is 2. The molecule has 0 saturated carbocycles. The fraction of sp³-hybridized carbons (Fsp3) is 0.312. The maximum absolute atomic E-state index is 12.3. The number of ether oxygens (including phenoxy) is 2. The number of carbonyl (C=O) groups is 3. The van der Waals surface area contributed by atoms with E-state index in [1.54, 1.807) is 26.8 Å². The summed E-state index contributed by atoms with van der Waals surface area (Å²) in [4.78, 5) is 36.8. The van der Waals surface area contributed by atoms with Crippen LogP contribution in [0.5, 0.6) is 0 Å². The molecule has 0 spiro atoms. The van der Waals surface area contributed by atoms with Gasteiger partial charge >= 0.3 is 11.9 Å². The van der Waals surface area contributed by atoms with Crippen molar-refractivity contribution in [2.24, 2.45) is 0 Å². The normalized spacial score (nSPS) is 10.4. The van der Waals surface area contributed by atoms with Gasteiger partial charge in [0.1, 0.15) is 9.88 Å². The summed E-state index contributed by atoms with van der Waals surface area (Å²) in [5.74, 6) is -1.67. The molecule has 1 amide bonds. The van der Waals surface area contributed by atoms with Gasteiger partial charge in [0.05, 0.1) is 18.8 Å². The molecule has 0 atom stereocenters. The van der Waals surface area contributed by atoms with Gasteiger partial charge in [-0.05, 0) is 54.4 Å². The standard InChI is InChI=1S/C16H16BrNO6S/c1-4-22-15(20)11-8(3)12(16(21)23-5-2)25-14(11)18-13(19)9-6-7-10(17)24-9/h6-7H,4-5H2,1-3H3,(H,18,19). The van der Waals surface area contributed by atoms with Crippen molar-refractivity contribution in [3.63, 3.8) is 0 Å². The number of hydrogen-bond donors (Lipinski definition) is 1. The topological polar surface area (TPSA) is 94.8 Å². The van der Waals surface area contributed by atoms with E-state index in [-0.39, 0.29) is 34.4 Å². The molecule has 0 unspecified atom stereocenters. The lowest BCUT2D eigenvalue weighted by atomic mass is 10.1. The molecule has 25 heavy (non-hydrogen) atoms. The van der Waals surface area contributed by atoms with Gasteiger partial charge in [0.25, 0.3) is 5.91 Å². The van der Waals surface area contributed by atoms with Crippen molar-refractivity contribution < 1.29 is 28.3 Å². The number of halogens is 1. The Bertz CT molecular complexity index is 810. The van der Waals surface area contributed by atoms with Gasteiger partial charge in [0.15, 0.2) is 10.4 Å². The fourth-order valence-corrected chi connectivity index (χ4v) is 3.43. The summed E-state index contributed by atoms with van der Waals surface area (Å²) in [7, 11) is 0. The summed E-state index contributed by atoms with van der Waals surface area (Å²) in [5, 5.41) is 2.80. The van der Waals surface area contributed by atoms with Crippen molar-refractivity contribution in [2.75, 3.05) is 18.5 Å². The Morgan fingerprint density at radius 3 is 2.36 bits per heavy atom. The van der Waals surface area contributed by atoms with E-state index >= 15 is 0 Å². The first-order valence-corrected chi connectivity index (χ1v) is 9.04. The minimum absolute atomic E-state index is 0.0606. The summed E-state index contributed by atoms with van der Waals surface area (Å²) >= 11 is 4.07. The minimum atomic E-state index is -0.622. The summed E-state index contributed by atoms with van der Waals surface area (Å²) < 4.78 is 15.6. The number of amides is 1. The van der Waals surface area contributed by atoms with Crippen LogP contribution in [0, 0.1) is 6.92 Å². The van der Waals surface area contributed by atoms with Gasteiger partial charge in [0.2, 0.25) is 0 Å². The predicted octanol–water partition coefficient (Wildman–Crippen LogP) is 4.02. The Hall–Kier alpha value is -2.13. The highest BCUT2D eigenvalue weighted by Gasteiger charge is 2.28. The molecule has 0 saturated heterocycles. The number of furan rings is 1. The Morgan fingerprint density at radius 2 is 1.80 bits per heavy atom. The van der Waals surface area contributed by atoms with E-state index < -0.39 is 17.8 Å². The monoisotopic (exact) mass is 429 g/mol. The smallest absolute Gasteiger partial charge is 0.348 e. The molecule has 9 heteroatoms. The summed E-state index contributed by atoms with van der Waals surface area (Å²) in [6.45, 7) is 5.33. The second-order valence-corrected chi connectivity index (χ2v) is 6.56. The fourth-order valence-electron chi connectivity index (χ4n) is 2.04. The van der Waals surface area contributed by atoms with E-state index in [2.05, 4.69) is 21.2 Å². The van der Waals surface area contributed by atoms with Crippen LogP contribution in [0.3, 0.4) is 0 Å². The van der Waals surface area contributed by atoms with Crippen LogP contribution in [0.15, 0.2) is 21.2 Å². The summed E-state index contributed by atoms with van der Waals surface area (Å²) in [5.41, 5.74) is 0.534. The van der Waals surface area contributed by atoms with E-state index in [1.807, 2.05) is 0 Å². The first-order valence-electron chi connectivity index (χ1n) is 7.43. The van der Waals surface area contributed by atoms with E-state index in [1.165, 1.54) is 6.07 Å². The van der Waals surface area contributed by atoms with Crippen molar-refractivity contribution in [1.82, 2.24) is 0 Å². The van der Waals surface area contributed by atoms with Crippen molar-refractivity contribution >= 4 is 50.1 Å². The molecule has 0 aromatic carbocycles. The molecule has 7 nitrogen and oxygen atoms in total. The van der Waals surface area contributed by atoms with Crippen LogP contribution in [-0.4, -0.2) is 31.1 Å². The molecule has 2 aromatic heterocycles. The maximum atomic E-state index is 12.3. The zero-order valence-electron chi connectivity index (χ0n) is 13.8. The average molecular weight is 430 g/mol. The Balaban J connectivity index is 2.40. The molecule has 0 fully saturated rings. The molecule has 0 aliphatic rings. The first kappa shape index (κ1) is 19.2. The van der Waals surface area contributed by atoms with Crippen molar-refractivity contribution in [3.8, 4) is 0 Å². The van der Waals surface area contributed by atoms with Crippen LogP contribution in [0.4, 0.5) is 5.00 Å². The minimum Gasteiger partial charge on any atom is -0.462 e. The van der Waals surface area contributed by atoms with E-state index in [0.29, 0.717) is 10.2 Å². The zero-order valence-corrected chi connectivity index (χ0v) is 16.2. The number of thiophene rings is 1. The average Bonchev–Trinajstić information content (AvgIpc) is 3.12. The molecule has 0 radical (unpaired) electrons. The van der Waals surface area contributed by atoms with Gasteiger partial charge in [-0.1, -0.05) is 0 Å². The highest BCUT2D eigenvalue weighted by molar-refractivity contribution is 9.10. The molecule has 0 bridgehead atoms. The van der Waals surface area contributed by atoms with Crippen molar-refractivity contribution in [2.45, 2.75) is 20.8 Å². The molecule has 0 aliphatic carbocycles. The quantitative estimate of drug-likeness (QED) is 0.696. The first-order chi connectivity index (χ1) is 11.9. The van der Waals surface area contributed by atoms with Crippen LogP contribution in [0.25, 0.3) is 0 Å². The number of hydrogen-bond acceptors (Lipinski definition) is 7. The van der Waals surface area contributed by atoms with Gasteiger partial charge in [0, 0.05) is 0 Å². The Labute approximate surface area is 156 Å². The number of anilines is 1. The number of carbonyl (C=O) groups excluding carboxylic acids is 3. The predicted molar refractivity (Wildman–Crippen MR) is 95.3 cm³/mol. The second-order valence-electron chi connectivity index (χ2n) is 4.76. The third-order valence-corrected chi connectivity index (χ3v) is 4.72. The Kier molecular flexibility index (Phi) is 6.38. The molecule has 0 aliphatic heterocycles. The summed E-state index contributed by atoms with van der Waals surface area (Å²) in [6.07, 6.45) is 0. The van der Waals surface area contributed by atoms with E-state index in [4.69, 9.17) is 13.9 Å². The van der Waals surface area contributed by atoms with Crippen LogP contribution in [-0.2, 0) is 9.47 Å². The number of nitrogens with one attached hydrogen (secondary N) is 1. The lowest BCUT2D eigenvalue weighted by molar-refractivity contribution is 0.0527. The molecule has 2 heterocycles. The summed E-state index contributed by atoms with van der Waals surface area (Å²) in [6, 6.07) is 3.06. The maximum Gasteiger partial charge on any atom is 0.348 e. The van der Waals surface area contributed by atoms with Gasteiger partial charge in [-0.2, -0.15) is 0 Å². The van der Waals surface area contributed by atoms with Gasteiger partial charge in [-0.15, -0.1) is 11.3 Å². The number of rotatable bonds is 6. The molecule has 2 aromatic rings. The van der Waals surface area contributed by atoms with Crippen molar-refractivity contribution in [3.05, 3.63) is 38.6 Å². The lowest BCUT2D eigenvalue weighted by Crippen LogP contribution is -2.14. The zero-order chi connectivity index (χ0) is 18.6. The second kappa shape index (κ2) is 8.30. The van der Waals surface area contributed by atoms with Crippen LogP contribution < -0.4 is 5.32 Å². The molecule has 134 valence electrons. The largest absolute Gasteiger partial charge is 0.462 e. The van der Waals surface area contributed by atoms with Gasteiger partial charge < -0.3 is 19.2 Å². The lowest BCUT2D eigenvalue weighted by Gasteiger charge is -2.06. The third kappa shape index (κ3) is 4.29. The molecule has 2 rings (SSSR count). The SMILES string of the molecule is CCOC(=O)c1sc(NC(=O)c2ccc(Br)o2)c(C(=O)OCC)c1C. The van der Waals surface area contributed by atoms with Gasteiger partial charge in [-0.25, -0.2) is 9.59 Å². The molecule has 1 N–H and O–H groups in total. The van der Waals surface area contributed by atoms with Crippen molar-refractivity contribution in [1.29, 1.82) is 0 Å². The van der Waals surface area contributed by atoms with Crippen LogP contribution in [0.2, 0.25) is 0 Å². The molecular weight excluding hydrogens is 414 g/mol.